The number of carboxylic acids is 1. The number of nitrogens with zero attached hydrogens (tertiary/aromatic N) is 2. The first kappa shape index (κ1) is 15.4. The highest BCUT2D eigenvalue weighted by Crippen LogP contribution is 2.16. The number of aryl methyl sites for hydroxylation is 1. The Morgan fingerprint density at radius 2 is 2.11 bits per heavy atom. The van der Waals surface area contributed by atoms with Crippen molar-refractivity contribution in [3.05, 3.63) is 23.4 Å². The number of pyridine rings is 1. The minimum absolute atomic E-state index is 0.269. The van der Waals surface area contributed by atoms with E-state index in [0.717, 1.165) is 38.2 Å². The zero-order chi connectivity index (χ0) is 14.3. The Morgan fingerprint density at radius 1 is 1.42 bits per heavy atom. The third-order valence-corrected chi connectivity index (χ3v) is 3.21. The second kappa shape index (κ2) is 7.74. The second-order valence-corrected chi connectivity index (χ2v) is 4.46. The Kier molecular flexibility index (Phi) is 6.29. The van der Waals surface area contributed by atoms with Crippen LogP contribution in [0.3, 0.4) is 0 Å². The minimum atomic E-state index is -0.933. The summed E-state index contributed by atoms with van der Waals surface area (Å²) in [4.78, 5) is 17.6. The van der Waals surface area contributed by atoms with Gasteiger partial charge in [-0.3, -0.25) is 0 Å². The van der Waals surface area contributed by atoms with Crippen LogP contribution in [-0.4, -0.2) is 47.1 Å². The molecule has 19 heavy (non-hydrogen) atoms. The number of carbonyl (C=O) groups is 1. The van der Waals surface area contributed by atoms with Crippen molar-refractivity contribution in [2.24, 2.45) is 0 Å². The van der Waals surface area contributed by atoms with E-state index in [1.165, 1.54) is 0 Å². The Labute approximate surface area is 114 Å². The molecule has 5 heteroatoms. The molecule has 1 aromatic rings. The molecule has 1 aromatic heterocycles. The summed E-state index contributed by atoms with van der Waals surface area (Å²) in [6.45, 7) is 9.88. The molecule has 0 amide bonds. The van der Waals surface area contributed by atoms with E-state index in [1.807, 2.05) is 0 Å². The lowest BCUT2D eigenvalue weighted by Gasteiger charge is -2.18. The standard InChI is InChI=1S/C14H23N3O2/c1-4-17(5-2)10-6-8-15-13-12(14(18)19)11(3)7-9-16-13/h7,9H,4-6,8,10H2,1-3H3,(H,15,16)(H,18,19). The highest BCUT2D eigenvalue weighted by atomic mass is 16.4. The molecular formula is C14H23N3O2. The lowest BCUT2D eigenvalue weighted by molar-refractivity contribution is 0.0697. The van der Waals surface area contributed by atoms with E-state index in [9.17, 15) is 9.90 Å². The molecule has 1 heterocycles. The van der Waals surface area contributed by atoms with E-state index in [-0.39, 0.29) is 5.56 Å². The quantitative estimate of drug-likeness (QED) is 0.706. The van der Waals surface area contributed by atoms with Crippen molar-refractivity contribution in [2.75, 3.05) is 31.5 Å². The van der Waals surface area contributed by atoms with Gasteiger partial charge in [-0.2, -0.15) is 0 Å². The third-order valence-electron chi connectivity index (χ3n) is 3.21. The molecule has 0 fully saturated rings. The van der Waals surface area contributed by atoms with Gasteiger partial charge < -0.3 is 15.3 Å². The molecule has 0 saturated heterocycles. The number of hydrogen-bond acceptors (Lipinski definition) is 4. The lowest BCUT2D eigenvalue weighted by atomic mass is 10.1. The first-order valence-electron chi connectivity index (χ1n) is 6.75. The van der Waals surface area contributed by atoms with Crippen LogP contribution in [-0.2, 0) is 0 Å². The van der Waals surface area contributed by atoms with Gasteiger partial charge in [-0.05, 0) is 44.6 Å². The summed E-state index contributed by atoms with van der Waals surface area (Å²) < 4.78 is 0. The molecule has 0 aliphatic rings. The molecule has 0 spiro atoms. The third kappa shape index (κ3) is 4.52. The Morgan fingerprint density at radius 3 is 2.68 bits per heavy atom. The van der Waals surface area contributed by atoms with Crippen molar-refractivity contribution >= 4 is 11.8 Å². The maximum atomic E-state index is 11.2. The average molecular weight is 265 g/mol. The molecule has 0 radical (unpaired) electrons. The number of hydrogen-bond donors (Lipinski definition) is 2. The normalized spacial score (nSPS) is 10.7. The average Bonchev–Trinajstić information content (AvgIpc) is 2.38. The lowest BCUT2D eigenvalue weighted by Crippen LogP contribution is -2.25. The summed E-state index contributed by atoms with van der Waals surface area (Å²) in [5.41, 5.74) is 0.999. The van der Waals surface area contributed by atoms with Gasteiger partial charge >= 0.3 is 5.97 Å². The first-order valence-corrected chi connectivity index (χ1v) is 6.75. The molecule has 0 aromatic carbocycles. The number of aromatic carboxylic acids is 1. The van der Waals surface area contributed by atoms with Gasteiger partial charge in [0.1, 0.15) is 11.4 Å². The molecule has 1 rings (SSSR count). The maximum Gasteiger partial charge on any atom is 0.339 e. The molecule has 0 bridgehead atoms. The van der Waals surface area contributed by atoms with E-state index >= 15 is 0 Å². The minimum Gasteiger partial charge on any atom is -0.478 e. The predicted molar refractivity (Wildman–Crippen MR) is 76.8 cm³/mol. The molecular weight excluding hydrogens is 242 g/mol. The van der Waals surface area contributed by atoms with Crippen LogP contribution in [0.1, 0.15) is 36.2 Å². The summed E-state index contributed by atoms with van der Waals surface area (Å²) in [7, 11) is 0. The summed E-state index contributed by atoms with van der Waals surface area (Å²) in [6.07, 6.45) is 2.60. The Balaban J connectivity index is 2.54. The number of rotatable bonds is 8. The largest absolute Gasteiger partial charge is 0.478 e. The van der Waals surface area contributed by atoms with Gasteiger partial charge in [0, 0.05) is 12.7 Å². The fraction of sp³-hybridized carbons (Fsp3) is 0.571. The molecule has 0 atom stereocenters. The van der Waals surface area contributed by atoms with Gasteiger partial charge in [0.25, 0.3) is 0 Å². The monoisotopic (exact) mass is 265 g/mol. The van der Waals surface area contributed by atoms with Gasteiger partial charge in [-0.25, -0.2) is 9.78 Å². The fourth-order valence-electron chi connectivity index (χ4n) is 2.01. The summed E-state index contributed by atoms with van der Waals surface area (Å²) in [6, 6.07) is 1.71. The molecule has 0 aliphatic carbocycles. The first-order chi connectivity index (χ1) is 9.10. The fourth-order valence-corrected chi connectivity index (χ4v) is 2.01. The van der Waals surface area contributed by atoms with Crippen LogP contribution in [0.2, 0.25) is 0 Å². The van der Waals surface area contributed by atoms with Crippen molar-refractivity contribution in [2.45, 2.75) is 27.2 Å². The van der Waals surface area contributed by atoms with Gasteiger partial charge in [-0.15, -0.1) is 0 Å². The Bertz CT molecular complexity index is 417. The van der Waals surface area contributed by atoms with Crippen molar-refractivity contribution in [1.82, 2.24) is 9.88 Å². The van der Waals surface area contributed by atoms with Crippen LogP contribution >= 0.6 is 0 Å². The van der Waals surface area contributed by atoms with Crippen LogP contribution in [0, 0.1) is 6.92 Å². The SMILES string of the molecule is CCN(CC)CCCNc1nccc(C)c1C(=O)O. The summed E-state index contributed by atoms with van der Waals surface area (Å²) in [5, 5.41) is 12.3. The smallest absolute Gasteiger partial charge is 0.339 e. The summed E-state index contributed by atoms with van der Waals surface area (Å²) >= 11 is 0. The predicted octanol–water partition coefficient (Wildman–Crippen LogP) is 2.23. The van der Waals surface area contributed by atoms with Crippen molar-refractivity contribution in [3.8, 4) is 0 Å². The van der Waals surface area contributed by atoms with Crippen molar-refractivity contribution in [3.63, 3.8) is 0 Å². The molecule has 2 N–H and O–H groups in total. The van der Waals surface area contributed by atoms with Gasteiger partial charge in [-0.1, -0.05) is 13.8 Å². The second-order valence-electron chi connectivity index (χ2n) is 4.46. The van der Waals surface area contributed by atoms with Crippen LogP contribution in [0.4, 0.5) is 5.82 Å². The van der Waals surface area contributed by atoms with E-state index in [2.05, 4.69) is 29.0 Å². The van der Waals surface area contributed by atoms with Crippen LogP contribution in [0.15, 0.2) is 12.3 Å². The topological polar surface area (TPSA) is 65.5 Å². The molecule has 0 unspecified atom stereocenters. The Hall–Kier alpha value is -1.62. The molecule has 5 nitrogen and oxygen atoms in total. The van der Waals surface area contributed by atoms with E-state index < -0.39 is 5.97 Å². The van der Waals surface area contributed by atoms with E-state index in [1.54, 1.807) is 19.2 Å². The van der Waals surface area contributed by atoms with Crippen molar-refractivity contribution in [1.29, 1.82) is 0 Å². The zero-order valence-electron chi connectivity index (χ0n) is 11.9. The number of nitrogens with one attached hydrogen (secondary N) is 1. The van der Waals surface area contributed by atoms with Crippen LogP contribution in [0.25, 0.3) is 0 Å². The summed E-state index contributed by atoms with van der Waals surface area (Å²) in [5.74, 6) is -0.469. The number of aromatic nitrogens is 1. The van der Waals surface area contributed by atoms with E-state index in [0.29, 0.717) is 5.82 Å². The van der Waals surface area contributed by atoms with E-state index in [4.69, 9.17) is 0 Å². The van der Waals surface area contributed by atoms with Gasteiger partial charge in [0.15, 0.2) is 0 Å². The van der Waals surface area contributed by atoms with Crippen LogP contribution < -0.4 is 5.32 Å². The van der Waals surface area contributed by atoms with Crippen molar-refractivity contribution < 1.29 is 9.90 Å². The zero-order valence-corrected chi connectivity index (χ0v) is 11.9. The highest BCUT2D eigenvalue weighted by molar-refractivity contribution is 5.94. The maximum absolute atomic E-state index is 11.2. The highest BCUT2D eigenvalue weighted by Gasteiger charge is 2.13. The number of anilines is 1. The number of carboxylic acid groups (broad SMARTS) is 1. The molecule has 106 valence electrons. The van der Waals surface area contributed by atoms with Gasteiger partial charge in [0.2, 0.25) is 0 Å². The molecule has 0 aliphatic heterocycles. The van der Waals surface area contributed by atoms with Gasteiger partial charge in [0.05, 0.1) is 0 Å². The van der Waals surface area contributed by atoms with Crippen LogP contribution in [0.5, 0.6) is 0 Å². The molecule has 0 saturated carbocycles.